The third kappa shape index (κ3) is 3.58. The van der Waals surface area contributed by atoms with E-state index in [0.717, 1.165) is 17.9 Å². The Morgan fingerprint density at radius 3 is 2.93 bits per heavy atom. The van der Waals surface area contributed by atoms with E-state index in [1.807, 2.05) is 31.2 Å². The van der Waals surface area contributed by atoms with Crippen LogP contribution in [0.1, 0.15) is 12.6 Å². The van der Waals surface area contributed by atoms with Gasteiger partial charge in [0.15, 0.2) is 0 Å². The van der Waals surface area contributed by atoms with Crippen LogP contribution in [0, 0.1) is 0 Å². The number of hydrogen-bond acceptors (Lipinski definition) is 3. The van der Waals surface area contributed by atoms with E-state index in [9.17, 15) is 0 Å². The molecule has 2 N–H and O–H groups in total. The van der Waals surface area contributed by atoms with Crippen LogP contribution in [0.2, 0.25) is 0 Å². The van der Waals surface area contributed by atoms with Crippen molar-refractivity contribution in [3.8, 4) is 5.75 Å². The Balaban J connectivity index is 2.46. The van der Waals surface area contributed by atoms with E-state index < -0.39 is 0 Å². The molecule has 0 unspecified atom stereocenters. The van der Waals surface area contributed by atoms with Crippen molar-refractivity contribution >= 4 is 0 Å². The summed E-state index contributed by atoms with van der Waals surface area (Å²) in [6.45, 7) is 3.19. The highest BCUT2D eigenvalue weighted by molar-refractivity contribution is 5.20. The minimum atomic E-state index is 0.592. The second-order valence-corrected chi connectivity index (χ2v) is 2.90. The Kier molecular flexibility index (Phi) is 4.72. The van der Waals surface area contributed by atoms with Crippen LogP contribution in [0.5, 0.6) is 5.75 Å². The predicted octanol–water partition coefficient (Wildman–Crippen LogP) is 1.54. The summed E-state index contributed by atoms with van der Waals surface area (Å²) in [5.74, 6) is 0.795. The number of nitrogens with two attached hydrogens (primary N) is 1. The zero-order valence-electron chi connectivity index (χ0n) is 8.44. The predicted molar refractivity (Wildman–Crippen MR) is 57.3 cm³/mol. The minimum absolute atomic E-state index is 0.592. The third-order valence-electron chi connectivity index (χ3n) is 1.78. The van der Waals surface area contributed by atoms with E-state index in [0.29, 0.717) is 13.2 Å². The highest BCUT2D eigenvalue weighted by Crippen LogP contribution is 2.08. The van der Waals surface area contributed by atoms with Gasteiger partial charge in [-0.15, -0.1) is 0 Å². The van der Waals surface area contributed by atoms with Gasteiger partial charge in [-0.1, -0.05) is 12.2 Å². The van der Waals surface area contributed by atoms with Crippen LogP contribution >= 0.6 is 0 Å². The molecule has 0 radical (unpaired) electrons. The second-order valence-electron chi connectivity index (χ2n) is 2.90. The monoisotopic (exact) mass is 192 g/mol. The maximum atomic E-state index is 5.42. The Morgan fingerprint density at radius 2 is 2.36 bits per heavy atom. The van der Waals surface area contributed by atoms with Crippen molar-refractivity contribution in [2.24, 2.45) is 5.73 Å². The van der Waals surface area contributed by atoms with Gasteiger partial charge in [0.05, 0.1) is 6.20 Å². The molecule has 76 valence electrons. The van der Waals surface area contributed by atoms with Crippen LogP contribution in [0.4, 0.5) is 0 Å². The molecular formula is C11H16N2O. The standard InChI is InChI=1S/C11H16N2O/c1-2-3-8-14-11-5-4-10(6-7-12)13-9-11/h2-5,9H,6-8,12H2,1H3. The molecule has 1 aromatic rings. The van der Waals surface area contributed by atoms with Gasteiger partial charge in [-0.25, -0.2) is 0 Å². The maximum absolute atomic E-state index is 5.42. The smallest absolute Gasteiger partial charge is 0.138 e. The average Bonchev–Trinajstić information content (AvgIpc) is 2.21. The number of aromatic nitrogens is 1. The molecule has 1 heterocycles. The lowest BCUT2D eigenvalue weighted by molar-refractivity contribution is 0.361. The molecule has 1 aromatic heterocycles. The second kappa shape index (κ2) is 6.16. The van der Waals surface area contributed by atoms with Crippen molar-refractivity contribution in [2.75, 3.05) is 13.2 Å². The first-order valence-electron chi connectivity index (χ1n) is 4.75. The molecular weight excluding hydrogens is 176 g/mol. The van der Waals surface area contributed by atoms with E-state index >= 15 is 0 Å². The van der Waals surface area contributed by atoms with Gasteiger partial charge in [-0.3, -0.25) is 4.98 Å². The van der Waals surface area contributed by atoms with Crippen LogP contribution < -0.4 is 10.5 Å². The van der Waals surface area contributed by atoms with E-state index in [4.69, 9.17) is 10.5 Å². The Bertz CT molecular complexity index is 280. The van der Waals surface area contributed by atoms with Crippen molar-refractivity contribution in [3.63, 3.8) is 0 Å². The quantitative estimate of drug-likeness (QED) is 0.720. The van der Waals surface area contributed by atoms with E-state index in [2.05, 4.69) is 4.98 Å². The zero-order chi connectivity index (χ0) is 10.2. The van der Waals surface area contributed by atoms with Crippen LogP contribution in [-0.2, 0) is 6.42 Å². The molecule has 1 rings (SSSR count). The number of allylic oxidation sites excluding steroid dienone is 1. The van der Waals surface area contributed by atoms with Crippen LogP contribution in [0.3, 0.4) is 0 Å². The van der Waals surface area contributed by atoms with Crippen LogP contribution in [0.25, 0.3) is 0 Å². The van der Waals surface area contributed by atoms with Crippen molar-refractivity contribution in [1.82, 2.24) is 4.98 Å². The fourth-order valence-electron chi connectivity index (χ4n) is 1.03. The van der Waals surface area contributed by atoms with Gasteiger partial charge < -0.3 is 10.5 Å². The first-order valence-corrected chi connectivity index (χ1v) is 4.75. The van der Waals surface area contributed by atoms with Gasteiger partial charge in [0.1, 0.15) is 12.4 Å². The number of hydrogen-bond donors (Lipinski definition) is 1. The molecule has 14 heavy (non-hydrogen) atoms. The number of pyridine rings is 1. The van der Waals surface area contributed by atoms with Crippen molar-refractivity contribution in [1.29, 1.82) is 0 Å². The lowest BCUT2D eigenvalue weighted by Crippen LogP contribution is -2.04. The van der Waals surface area contributed by atoms with Crippen molar-refractivity contribution in [2.45, 2.75) is 13.3 Å². The summed E-state index contributed by atoms with van der Waals surface area (Å²) in [7, 11) is 0. The number of rotatable bonds is 5. The van der Waals surface area contributed by atoms with Crippen LogP contribution in [0.15, 0.2) is 30.5 Å². The number of ether oxygens (including phenoxy) is 1. The first kappa shape index (κ1) is 10.7. The van der Waals surface area contributed by atoms with E-state index in [-0.39, 0.29) is 0 Å². The first-order chi connectivity index (χ1) is 6.86. The fourth-order valence-corrected chi connectivity index (χ4v) is 1.03. The molecule has 0 aliphatic carbocycles. The molecule has 0 aromatic carbocycles. The summed E-state index contributed by atoms with van der Waals surface area (Å²) in [5, 5.41) is 0. The molecule has 0 amide bonds. The van der Waals surface area contributed by atoms with Gasteiger partial charge in [0.25, 0.3) is 0 Å². The molecule has 3 nitrogen and oxygen atoms in total. The normalized spacial score (nSPS) is 10.7. The summed E-state index contributed by atoms with van der Waals surface area (Å²) in [6, 6.07) is 3.86. The molecule has 0 bridgehead atoms. The Morgan fingerprint density at radius 1 is 1.50 bits per heavy atom. The molecule has 0 fully saturated rings. The lowest BCUT2D eigenvalue weighted by Gasteiger charge is -2.03. The van der Waals surface area contributed by atoms with Gasteiger partial charge in [-0.2, -0.15) is 0 Å². The molecule has 0 spiro atoms. The lowest BCUT2D eigenvalue weighted by atomic mass is 10.3. The minimum Gasteiger partial charge on any atom is -0.488 e. The number of nitrogens with zero attached hydrogens (tertiary/aromatic N) is 1. The third-order valence-corrected chi connectivity index (χ3v) is 1.78. The summed E-state index contributed by atoms with van der Waals surface area (Å²) < 4.78 is 5.40. The Labute approximate surface area is 84.6 Å². The molecule has 0 atom stereocenters. The topological polar surface area (TPSA) is 48.1 Å². The molecule has 0 aliphatic rings. The maximum Gasteiger partial charge on any atom is 0.138 e. The molecule has 0 saturated heterocycles. The molecule has 0 saturated carbocycles. The van der Waals surface area contributed by atoms with Crippen LogP contribution in [-0.4, -0.2) is 18.1 Å². The summed E-state index contributed by atoms with van der Waals surface area (Å²) in [5.41, 5.74) is 6.42. The Hall–Kier alpha value is -1.35. The highest BCUT2D eigenvalue weighted by Gasteiger charge is 1.94. The molecule has 0 aliphatic heterocycles. The zero-order valence-corrected chi connectivity index (χ0v) is 8.44. The van der Waals surface area contributed by atoms with Crippen molar-refractivity contribution in [3.05, 3.63) is 36.2 Å². The SMILES string of the molecule is CC=CCOc1ccc(CCN)nc1. The largest absolute Gasteiger partial charge is 0.488 e. The van der Waals surface area contributed by atoms with E-state index in [1.165, 1.54) is 0 Å². The highest BCUT2D eigenvalue weighted by atomic mass is 16.5. The van der Waals surface area contributed by atoms with Gasteiger partial charge in [-0.05, 0) is 25.6 Å². The average molecular weight is 192 g/mol. The molecule has 3 heteroatoms. The van der Waals surface area contributed by atoms with Gasteiger partial charge >= 0.3 is 0 Å². The summed E-state index contributed by atoms with van der Waals surface area (Å²) in [6.07, 6.45) is 6.45. The van der Waals surface area contributed by atoms with Gasteiger partial charge in [0.2, 0.25) is 0 Å². The van der Waals surface area contributed by atoms with Crippen molar-refractivity contribution < 1.29 is 4.74 Å². The van der Waals surface area contributed by atoms with Gasteiger partial charge in [0, 0.05) is 12.1 Å². The summed E-state index contributed by atoms with van der Waals surface area (Å²) >= 11 is 0. The van der Waals surface area contributed by atoms with E-state index in [1.54, 1.807) is 6.20 Å². The summed E-state index contributed by atoms with van der Waals surface area (Å²) in [4.78, 5) is 4.22. The fraction of sp³-hybridized carbons (Fsp3) is 0.364.